The first-order chi connectivity index (χ1) is 45.0. The van der Waals surface area contributed by atoms with Crippen LogP contribution in [0.3, 0.4) is 0 Å². The Bertz CT molecular complexity index is 4550. The smallest absolute Gasteiger partial charge is 0.238 e. The number of nitrogens with zero attached hydrogens (tertiary/aromatic N) is 2. The van der Waals surface area contributed by atoms with Gasteiger partial charge in [0.25, 0.3) is 0 Å². The summed E-state index contributed by atoms with van der Waals surface area (Å²) < 4.78 is 44.2. The lowest BCUT2D eigenvalue weighted by Gasteiger charge is -2.41. The van der Waals surface area contributed by atoms with Crippen molar-refractivity contribution in [1.82, 2.24) is 9.13 Å². The van der Waals surface area contributed by atoms with E-state index in [-0.39, 0.29) is 49.9 Å². The second kappa shape index (κ2) is 25.2. The molecule has 8 heteroatoms. The lowest BCUT2D eigenvalue weighted by atomic mass is 9.71. The average Bonchev–Trinajstić information content (AvgIpc) is 1.56. The van der Waals surface area contributed by atoms with E-state index < -0.39 is 34.7 Å². The van der Waals surface area contributed by atoms with Crippen LogP contribution in [-0.4, -0.2) is 31.6 Å². The van der Waals surface area contributed by atoms with Crippen molar-refractivity contribution < 1.29 is 27.7 Å². The molecule has 2 N–H and O–H groups in total. The highest BCUT2D eigenvalue weighted by Crippen LogP contribution is 2.54. The summed E-state index contributed by atoms with van der Waals surface area (Å²) in [4.78, 5) is 0. The third-order valence-corrected chi connectivity index (χ3v) is 20.6. The van der Waals surface area contributed by atoms with Crippen LogP contribution >= 0.6 is 0 Å². The minimum atomic E-state index is -0.454. The van der Waals surface area contributed by atoms with E-state index in [2.05, 4.69) is 295 Å². The van der Waals surface area contributed by atoms with Gasteiger partial charge in [-0.25, -0.2) is 8.78 Å². The number of aromatic nitrogens is 2. The summed E-state index contributed by atoms with van der Waals surface area (Å²) in [5, 5.41) is 31.3. The maximum absolute atomic E-state index is 17.0. The molecule has 2 heterocycles. The standard InChI is InChI=1S/C90H114F2N2O4/c1-53(2)68-49-63(92)50-72(71-41-61(90(25,26)52-84(8,9)10)47-78(81(71)96)94-75-44-58(87(17,18)19)31-36-66(75)67-37-32-59(45-76(67)94)88(20,21)22)82(68)98(28)55(4)39-54(3)97(27)79-38-33-62(91)48-69(79)70-40-60(89(23,24)51-83(5,6)7)46-77(80(70)95)93-73-42-56(85(11,12)13)29-34-64(73)65-35-30-57(43-74(65)93)86(14,15)16/h29-38,40-50,53-55,95-96H,27-28,39,51-52H2,1-26H3/t54-,55-/m1/s1. The molecule has 98 heavy (non-hydrogen) atoms. The number of aromatic hydroxyl groups is 2. The van der Waals surface area contributed by atoms with Crippen LogP contribution in [0.25, 0.3) is 77.2 Å². The highest BCUT2D eigenvalue weighted by atomic mass is 19.1. The minimum absolute atomic E-state index is 0.0209. The van der Waals surface area contributed by atoms with E-state index >= 15 is 8.78 Å². The van der Waals surface area contributed by atoms with Gasteiger partial charge in [-0.1, -0.05) is 215 Å². The number of halogens is 2. The van der Waals surface area contributed by atoms with Crippen molar-refractivity contribution in [2.45, 2.75) is 250 Å². The molecule has 0 aliphatic heterocycles. The largest absolute Gasteiger partial charge is 0.709 e. The first kappa shape index (κ1) is 73.1. The molecule has 2 aromatic heterocycles. The zero-order valence-electron chi connectivity index (χ0n) is 64.3. The summed E-state index contributed by atoms with van der Waals surface area (Å²) in [6, 6.07) is 43.2. The lowest BCUT2D eigenvalue weighted by Crippen LogP contribution is -2.26. The molecule has 0 spiro atoms. The van der Waals surface area contributed by atoms with Crippen LogP contribution in [0.5, 0.6) is 23.0 Å². The molecule has 0 aliphatic rings. The molecule has 8 aromatic carbocycles. The van der Waals surface area contributed by atoms with Gasteiger partial charge in [0, 0.05) is 52.6 Å². The molecule has 0 saturated heterocycles. The number of phenols is 2. The molecule has 0 fully saturated rings. The van der Waals surface area contributed by atoms with Gasteiger partial charge >= 0.3 is 0 Å². The topological polar surface area (TPSA) is 55.7 Å². The van der Waals surface area contributed by atoms with Gasteiger partial charge in [0.1, 0.15) is 29.6 Å². The Morgan fingerprint density at radius 3 is 1.05 bits per heavy atom. The molecule has 0 bridgehead atoms. The predicted molar refractivity (Wildman–Crippen MR) is 414 cm³/mol. The first-order valence-corrected chi connectivity index (χ1v) is 35.6. The quantitative estimate of drug-likeness (QED) is 0.0794. The molecule has 10 rings (SSSR count). The fraction of sp³-hybridized carbons (Fsp3) is 0.444. The molecule has 0 unspecified atom stereocenters. The summed E-state index contributed by atoms with van der Waals surface area (Å²) in [6.45, 7) is 57.6. The van der Waals surface area contributed by atoms with Gasteiger partial charge in [-0.3, -0.25) is 0 Å². The highest BCUT2D eigenvalue weighted by molar-refractivity contribution is 6.11. The normalized spacial score (nSPS) is 14.0. The Kier molecular flexibility index (Phi) is 18.8. The van der Waals surface area contributed by atoms with Crippen molar-refractivity contribution in [2.24, 2.45) is 10.8 Å². The van der Waals surface area contributed by atoms with Crippen LogP contribution in [-0.2, 0) is 41.2 Å². The van der Waals surface area contributed by atoms with E-state index in [1.165, 1.54) is 34.4 Å². The van der Waals surface area contributed by atoms with Crippen LogP contribution < -0.4 is 0 Å². The molecule has 0 amide bonds. The summed E-state index contributed by atoms with van der Waals surface area (Å²) >= 11 is 0. The summed E-state index contributed by atoms with van der Waals surface area (Å²) in [5.74, 6) is 0.186. The van der Waals surface area contributed by atoms with Crippen molar-refractivity contribution in [2.75, 3.05) is 0 Å². The van der Waals surface area contributed by atoms with E-state index in [1.54, 1.807) is 18.2 Å². The third kappa shape index (κ3) is 14.3. The molecule has 2 atom stereocenters. The predicted octanol–water partition coefficient (Wildman–Crippen LogP) is 26.6. The lowest BCUT2D eigenvalue weighted by molar-refractivity contribution is -0.0943. The molecule has 6 nitrogen and oxygen atoms in total. The van der Waals surface area contributed by atoms with Crippen molar-refractivity contribution in [3.05, 3.63) is 192 Å². The number of hydrogen-bond acceptors (Lipinski definition) is 2. The number of rotatable bonds is 15. The van der Waals surface area contributed by atoms with Crippen molar-refractivity contribution in [1.29, 1.82) is 0 Å². The Morgan fingerprint density at radius 1 is 0.378 bits per heavy atom. The molecular weight excluding hydrogens is 1210 g/mol. The maximum Gasteiger partial charge on any atom is 0.238 e. The molecule has 0 radical (unpaired) electrons. The van der Waals surface area contributed by atoms with Crippen LogP contribution in [0.1, 0.15) is 244 Å². The zero-order valence-corrected chi connectivity index (χ0v) is 64.3. The fourth-order valence-corrected chi connectivity index (χ4v) is 15.6. The minimum Gasteiger partial charge on any atom is -0.709 e. The fourth-order valence-electron chi connectivity index (χ4n) is 15.6. The van der Waals surface area contributed by atoms with E-state index in [1.807, 2.05) is 0 Å². The van der Waals surface area contributed by atoms with Crippen LogP contribution in [0.15, 0.2) is 127 Å². The van der Waals surface area contributed by atoms with E-state index in [4.69, 9.17) is 14.2 Å². The Morgan fingerprint density at radius 2 is 0.714 bits per heavy atom. The number of fused-ring (bicyclic) bond motifs is 6. The number of benzene rings is 8. The van der Waals surface area contributed by atoms with Crippen LogP contribution in [0.2, 0.25) is 0 Å². The van der Waals surface area contributed by atoms with Gasteiger partial charge in [0.05, 0.1) is 50.1 Å². The van der Waals surface area contributed by atoms with Gasteiger partial charge in [0.15, 0.2) is 12.2 Å². The molecule has 10 aromatic rings. The highest BCUT2D eigenvalue weighted by Gasteiger charge is 2.37. The van der Waals surface area contributed by atoms with Gasteiger partial charge < -0.3 is 28.1 Å². The molecule has 522 valence electrons. The van der Waals surface area contributed by atoms with Gasteiger partial charge in [-0.05, 0) is 182 Å². The van der Waals surface area contributed by atoms with E-state index in [9.17, 15) is 10.2 Å². The van der Waals surface area contributed by atoms with Crippen molar-refractivity contribution >= 4 is 43.6 Å². The van der Waals surface area contributed by atoms with E-state index in [0.717, 1.165) is 67.6 Å². The Hall–Kier alpha value is -7.58. The summed E-state index contributed by atoms with van der Waals surface area (Å²) in [5.41, 5.74) is 12.9. The maximum atomic E-state index is 17.0. The zero-order chi connectivity index (χ0) is 72.6. The molecule has 0 aliphatic carbocycles. The molecular formula is C90H114F2N2O4. The third-order valence-electron chi connectivity index (χ3n) is 20.6. The van der Waals surface area contributed by atoms with Gasteiger partial charge in [0.2, 0.25) is 11.5 Å². The Labute approximate surface area is 586 Å². The first-order valence-electron chi connectivity index (χ1n) is 35.6. The van der Waals surface area contributed by atoms with Gasteiger partial charge in [-0.2, -0.15) is 0 Å². The summed E-state index contributed by atoms with van der Waals surface area (Å²) in [6.07, 6.45) is 1.27. The number of phenolic OH excluding ortho intramolecular Hbond substituents is 2. The monoisotopic (exact) mass is 1320 g/mol. The Balaban J connectivity index is 1.14. The summed E-state index contributed by atoms with van der Waals surface area (Å²) in [7, 11) is 9.48. The average molecular weight is 1330 g/mol. The van der Waals surface area contributed by atoms with Crippen LogP contribution in [0, 0.1) is 36.7 Å². The van der Waals surface area contributed by atoms with Crippen molar-refractivity contribution in [3.8, 4) is 56.6 Å². The second-order valence-electron chi connectivity index (χ2n) is 37.0. The molecule has 0 saturated carbocycles. The van der Waals surface area contributed by atoms with Crippen molar-refractivity contribution in [3.63, 3.8) is 0 Å². The number of hydrogen-bond donors (Lipinski definition) is 2. The SMILES string of the molecule is [CH2-][O+](c1ccc(F)cc1-c1cc(C(C)(C)CC(C)(C)C)cc(-n2c3cc(C(C)(C)C)ccc3c3ccc(C(C)(C)C)cc32)c1O)[C@H](C)C[C@@H](C)[O+]([CH2-])c1c(-c2cc(C(C)(C)CC(C)(C)C)cc(-n3c4cc(C(C)(C)C)ccc4c4ccc(C(C)(C)C)cc43)c2O)cc(F)cc1C(C)C. The van der Waals surface area contributed by atoms with E-state index in [0.29, 0.717) is 57.1 Å². The van der Waals surface area contributed by atoms with Crippen LogP contribution in [0.4, 0.5) is 8.78 Å². The van der Waals surface area contributed by atoms with Gasteiger partial charge in [-0.15, -0.1) is 0 Å². The second-order valence-corrected chi connectivity index (χ2v) is 37.0.